The normalized spacial score (nSPS) is 11.1. The highest BCUT2D eigenvalue weighted by atomic mass is 35.5. The zero-order valence-corrected chi connectivity index (χ0v) is 17.8. The fourth-order valence-electron chi connectivity index (χ4n) is 3.69. The molecule has 0 N–H and O–H groups in total. The van der Waals surface area contributed by atoms with Crippen LogP contribution in [0.2, 0.25) is 5.02 Å². The number of carbonyl (C=O) groups excluding carboxylic acids is 1. The van der Waals surface area contributed by atoms with Crippen molar-refractivity contribution in [1.82, 2.24) is 9.55 Å². The summed E-state index contributed by atoms with van der Waals surface area (Å²) < 4.78 is 1.85. The Morgan fingerprint density at radius 3 is 2.53 bits per heavy atom. The molecular formula is C25H21ClN2O2. The van der Waals surface area contributed by atoms with Crippen molar-refractivity contribution in [2.24, 2.45) is 0 Å². The lowest BCUT2D eigenvalue weighted by molar-refractivity contribution is 0.103. The van der Waals surface area contributed by atoms with Crippen LogP contribution in [0.4, 0.5) is 0 Å². The van der Waals surface area contributed by atoms with Gasteiger partial charge in [-0.1, -0.05) is 47.5 Å². The molecule has 5 heteroatoms. The lowest BCUT2D eigenvalue weighted by Crippen LogP contribution is -2.21. The molecule has 2 aromatic carbocycles. The number of hydrogen-bond acceptors (Lipinski definition) is 3. The third-order valence-corrected chi connectivity index (χ3v) is 5.41. The van der Waals surface area contributed by atoms with Crippen LogP contribution < -0.4 is 5.43 Å². The van der Waals surface area contributed by atoms with E-state index in [2.05, 4.69) is 4.98 Å². The number of ketones is 1. The molecule has 2 heterocycles. The van der Waals surface area contributed by atoms with Gasteiger partial charge in [-0.05, 0) is 56.2 Å². The summed E-state index contributed by atoms with van der Waals surface area (Å²) in [5.74, 6) is -0.278. The van der Waals surface area contributed by atoms with Crippen molar-refractivity contribution in [1.29, 1.82) is 0 Å². The van der Waals surface area contributed by atoms with Gasteiger partial charge < -0.3 is 4.57 Å². The summed E-state index contributed by atoms with van der Waals surface area (Å²) in [5, 5.41) is 1.06. The molecule has 0 fully saturated rings. The first kappa shape index (κ1) is 20.0. The van der Waals surface area contributed by atoms with Gasteiger partial charge in [-0.15, -0.1) is 0 Å². The smallest absolute Gasteiger partial charge is 0.202 e. The fourth-order valence-corrected chi connectivity index (χ4v) is 3.90. The maximum atomic E-state index is 13.3. The van der Waals surface area contributed by atoms with E-state index in [0.717, 1.165) is 22.4 Å². The number of halogens is 1. The lowest BCUT2D eigenvalue weighted by Gasteiger charge is -2.14. The van der Waals surface area contributed by atoms with Crippen LogP contribution in [0, 0.1) is 20.8 Å². The molecule has 0 aliphatic carbocycles. The van der Waals surface area contributed by atoms with Gasteiger partial charge in [-0.2, -0.15) is 0 Å². The first-order valence-electron chi connectivity index (χ1n) is 9.70. The number of hydrogen-bond donors (Lipinski definition) is 0. The van der Waals surface area contributed by atoms with Gasteiger partial charge in [0.25, 0.3) is 0 Å². The molecule has 30 heavy (non-hydrogen) atoms. The Bertz CT molecular complexity index is 1360. The Balaban J connectivity index is 1.92. The average molecular weight is 417 g/mol. The van der Waals surface area contributed by atoms with Crippen molar-refractivity contribution in [2.75, 3.05) is 0 Å². The molecule has 0 amide bonds. The first-order valence-corrected chi connectivity index (χ1v) is 10.1. The van der Waals surface area contributed by atoms with Gasteiger partial charge in [0.15, 0.2) is 5.78 Å². The number of aryl methyl sites for hydroxylation is 3. The van der Waals surface area contributed by atoms with E-state index in [1.165, 1.54) is 0 Å². The van der Waals surface area contributed by atoms with Gasteiger partial charge in [0.2, 0.25) is 5.43 Å². The summed E-state index contributed by atoms with van der Waals surface area (Å²) in [7, 11) is 0. The molecule has 0 radical (unpaired) electrons. The maximum absolute atomic E-state index is 13.3. The minimum Gasteiger partial charge on any atom is -0.327 e. The van der Waals surface area contributed by atoms with E-state index in [-0.39, 0.29) is 16.8 Å². The number of fused-ring (bicyclic) bond motifs is 1. The summed E-state index contributed by atoms with van der Waals surface area (Å²) in [6, 6.07) is 16.7. The predicted octanol–water partition coefficient (Wildman–Crippen LogP) is 5.25. The summed E-state index contributed by atoms with van der Waals surface area (Å²) in [6.07, 6.45) is 1.62. The highest BCUT2D eigenvalue weighted by Gasteiger charge is 2.19. The third kappa shape index (κ3) is 3.79. The van der Waals surface area contributed by atoms with Crippen molar-refractivity contribution in [3.63, 3.8) is 0 Å². The van der Waals surface area contributed by atoms with Crippen molar-refractivity contribution in [3.8, 4) is 0 Å². The van der Waals surface area contributed by atoms with Crippen LogP contribution in [-0.4, -0.2) is 15.3 Å². The number of benzene rings is 2. The van der Waals surface area contributed by atoms with Gasteiger partial charge in [0.1, 0.15) is 5.65 Å². The Labute approximate surface area is 179 Å². The van der Waals surface area contributed by atoms with Crippen molar-refractivity contribution in [3.05, 3.63) is 110 Å². The molecule has 4 aromatic rings. The van der Waals surface area contributed by atoms with Gasteiger partial charge in [0, 0.05) is 29.0 Å². The monoisotopic (exact) mass is 416 g/mol. The molecule has 0 atom stereocenters. The van der Waals surface area contributed by atoms with E-state index in [1.807, 2.05) is 61.7 Å². The van der Waals surface area contributed by atoms with Crippen LogP contribution in [0.25, 0.3) is 11.0 Å². The van der Waals surface area contributed by atoms with E-state index < -0.39 is 0 Å². The standard InChI is InChI=1S/C25H21ClN2O2/c1-15-7-9-20(16(2)11-15)23(29)22-14-28(13-18-5-4-6-19(26)12-18)25-21(24(22)30)10-8-17(3)27-25/h4-12,14H,13H2,1-3H3. The van der Waals surface area contributed by atoms with Gasteiger partial charge >= 0.3 is 0 Å². The molecular weight excluding hydrogens is 396 g/mol. The molecule has 4 nitrogen and oxygen atoms in total. The number of carbonyl (C=O) groups is 1. The highest BCUT2D eigenvalue weighted by molar-refractivity contribution is 6.30. The van der Waals surface area contributed by atoms with E-state index in [9.17, 15) is 9.59 Å². The first-order chi connectivity index (χ1) is 14.3. The van der Waals surface area contributed by atoms with Crippen molar-refractivity contribution in [2.45, 2.75) is 27.3 Å². The SMILES string of the molecule is Cc1ccc(C(=O)c2cn(Cc3cccc(Cl)c3)c3nc(C)ccc3c2=O)c(C)c1. The maximum Gasteiger partial charge on any atom is 0.202 e. The quantitative estimate of drug-likeness (QED) is 0.427. The third-order valence-electron chi connectivity index (χ3n) is 5.17. The Morgan fingerprint density at radius 1 is 1.00 bits per heavy atom. The summed E-state index contributed by atoms with van der Waals surface area (Å²) in [6.45, 7) is 6.18. The molecule has 0 spiro atoms. The average Bonchev–Trinajstić information content (AvgIpc) is 2.69. The van der Waals surface area contributed by atoms with Crippen LogP contribution in [0.15, 0.2) is 65.6 Å². The van der Waals surface area contributed by atoms with Crippen LogP contribution >= 0.6 is 11.6 Å². The van der Waals surface area contributed by atoms with Crippen LogP contribution in [0.1, 0.15) is 38.3 Å². The summed E-state index contributed by atoms with van der Waals surface area (Å²) in [4.78, 5) is 31.1. The minimum absolute atomic E-state index is 0.141. The number of rotatable bonds is 4. The van der Waals surface area contributed by atoms with Gasteiger partial charge in [-0.3, -0.25) is 9.59 Å². The molecule has 2 aromatic heterocycles. The molecule has 0 aliphatic heterocycles. The number of pyridine rings is 2. The van der Waals surface area contributed by atoms with Crippen LogP contribution in [0.3, 0.4) is 0 Å². The van der Waals surface area contributed by atoms with Gasteiger partial charge in [0.05, 0.1) is 10.9 Å². The molecule has 0 bridgehead atoms. The Hall–Kier alpha value is -3.24. The van der Waals surface area contributed by atoms with E-state index in [0.29, 0.717) is 28.2 Å². The molecule has 150 valence electrons. The second-order valence-electron chi connectivity index (χ2n) is 7.60. The predicted molar refractivity (Wildman–Crippen MR) is 121 cm³/mol. The molecule has 4 rings (SSSR count). The van der Waals surface area contributed by atoms with Crippen LogP contribution in [-0.2, 0) is 6.54 Å². The molecule has 0 saturated carbocycles. The zero-order valence-electron chi connectivity index (χ0n) is 17.1. The fraction of sp³-hybridized carbons (Fsp3) is 0.160. The number of aromatic nitrogens is 2. The topological polar surface area (TPSA) is 52.0 Å². The largest absolute Gasteiger partial charge is 0.327 e. The Morgan fingerprint density at radius 2 is 1.80 bits per heavy atom. The zero-order chi connectivity index (χ0) is 21.4. The van der Waals surface area contributed by atoms with E-state index in [1.54, 1.807) is 24.4 Å². The van der Waals surface area contributed by atoms with Gasteiger partial charge in [-0.25, -0.2) is 4.98 Å². The minimum atomic E-state index is -0.301. The molecule has 0 saturated heterocycles. The van der Waals surface area contributed by atoms with Crippen LogP contribution in [0.5, 0.6) is 0 Å². The number of nitrogens with zero attached hydrogens (tertiary/aromatic N) is 2. The van der Waals surface area contributed by atoms with Crippen molar-refractivity contribution < 1.29 is 4.79 Å². The second-order valence-corrected chi connectivity index (χ2v) is 8.04. The summed E-state index contributed by atoms with van der Waals surface area (Å²) >= 11 is 6.14. The molecule has 0 aliphatic rings. The lowest BCUT2D eigenvalue weighted by atomic mass is 9.97. The van der Waals surface area contributed by atoms with Crippen molar-refractivity contribution >= 4 is 28.4 Å². The van der Waals surface area contributed by atoms with E-state index >= 15 is 0 Å². The highest BCUT2D eigenvalue weighted by Crippen LogP contribution is 2.19. The van der Waals surface area contributed by atoms with E-state index in [4.69, 9.17) is 11.6 Å². The molecule has 0 unspecified atom stereocenters. The Kier molecular flexibility index (Phi) is 5.27. The second kappa shape index (κ2) is 7.88. The summed E-state index contributed by atoms with van der Waals surface area (Å²) in [5.41, 5.74) is 4.61.